The van der Waals surface area contributed by atoms with E-state index in [1.54, 1.807) is 0 Å². The lowest BCUT2D eigenvalue weighted by atomic mass is 10.1. The van der Waals surface area contributed by atoms with Gasteiger partial charge in [0.2, 0.25) is 0 Å². The number of ether oxygens (including phenoxy) is 1. The van der Waals surface area contributed by atoms with Crippen LogP contribution in [0.2, 0.25) is 0 Å². The van der Waals surface area contributed by atoms with Crippen molar-refractivity contribution in [2.24, 2.45) is 0 Å². The first-order valence-corrected chi connectivity index (χ1v) is 9.36. The van der Waals surface area contributed by atoms with E-state index in [4.69, 9.17) is 4.74 Å². The molecule has 2 N–H and O–H groups in total. The largest absolute Gasteiger partial charge is 0.494 e. The second kappa shape index (κ2) is 9.57. The van der Waals surface area contributed by atoms with Crippen LogP contribution in [0.5, 0.6) is 5.75 Å². The predicted molar refractivity (Wildman–Crippen MR) is 111 cm³/mol. The number of nitrogens with zero attached hydrogens (tertiary/aromatic N) is 2. The van der Waals surface area contributed by atoms with Crippen molar-refractivity contribution in [1.82, 2.24) is 9.97 Å². The monoisotopic (exact) mass is 362 g/mol. The van der Waals surface area contributed by atoms with Gasteiger partial charge in [0.15, 0.2) is 0 Å². The fourth-order valence-electron chi connectivity index (χ4n) is 2.82. The van der Waals surface area contributed by atoms with Gasteiger partial charge in [0.1, 0.15) is 23.2 Å². The number of anilines is 3. The molecule has 3 rings (SSSR count). The van der Waals surface area contributed by atoms with E-state index >= 15 is 0 Å². The van der Waals surface area contributed by atoms with Crippen molar-refractivity contribution in [3.8, 4) is 5.75 Å². The Morgan fingerprint density at radius 2 is 1.67 bits per heavy atom. The van der Waals surface area contributed by atoms with E-state index in [0.29, 0.717) is 6.61 Å². The molecule has 0 unspecified atom stereocenters. The van der Waals surface area contributed by atoms with E-state index in [1.807, 2.05) is 50.2 Å². The minimum absolute atomic E-state index is 0.664. The van der Waals surface area contributed by atoms with Crippen molar-refractivity contribution < 1.29 is 4.74 Å². The lowest BCUT2D eigenvalue weighted by molar-refractivity contribution is 0.340. The van der Waals surface area contributed by atoms with E-state index < -0.39 is 0 Å². The van der Waals surface area contributed by atoms with Gasteiger partial charge in [-0.2, -0.15) is 0 Å². The first-order valence-electron chi connectivity index (χ1n) is 9.36. The summed E-state index contributed by atoms with van der Waals surface area (Å²) >= 11 is 0. The molecule has 0 saturated carbocycles. The van der Waals surface area contributed by atoms with Gasteiger partial charge in [-0.15, -0.1) is 0 Å². The molecule has 0 bridgehead atoms. The van der Waals surface area contributed by atoms with Crippen LogP contribution in [-0.2, 0) is 6.42 Å². The average molecular weight is 362 g/mol. The van der Waals surface area contributed by atoms with Crippen LogP contribution in [0, 0.1) is 6.92 Å². The molecule has 0 radical (unpaired) electrons. The van der Waals surface area contributed by atoms with Crippen molar-refractivity contribution in [2.75, 3.05) is 23.8 Å². The summed E-state index contributed by atoms with van der Waals surface area (Å²) in [6.07, 6.45) is 2.10. The zero-order valence-electron chi connectivity index (χ0n) is 15.9. The summed E-state index contributed by atoms with van der Waals surface area (Å²) in [7, 11) is 0. The average Bonchev–Trinajstić information content (AvgIpc) is 2.67. The Kier molecular flexibility index (Phi) is 6.63. The Morgan fingerprint density at radius 3 is 2.41 bits per heavy atom. The second-order valence-corrected chi connectivity index (χ2v) is 6.28. The van der Waals surface area contributed by atoms with Gasteiger partial charge in [-0.3, -0.25) is 0 Å². The van der Waals surface area contributed by atoms with Crippen molar-refractivity contribution in [2.45, 2.75) is 26.7 Å². The fourth-order valence-corrected chi connectivity index (χ4v) is 2.82. The quantitative estimate of drug-likeness (QED) is 0.526. The predicted octanol–water partition coefficient (Wildman–Crippen LogP) is 4.97. The number of rotatable bonds is 9. The van der Waals surface area contributed by atoms with Crippen molar-refractivity contribution in [3.63, 3.8) is 0 Å². The minimum atomic E-state index is 0.664. The van der Waals surface area contributed by atoms with Crippen LogP contribution in [0.15, 0.2) is 60.7 Å². The highest BCUT2D eigenvalue weighted by Gasteiger charge is 2.03. The number of benzene rings is 2. The molecule has 5 heteroatoms. The lowest BCUT2D eigenvalue weighted by Crippen LogP contribution is -2.07. The van der Waals surface area contributed by atoms with Gasteiger partial charge in [-0.05, 0) is 56.5 Å². The van der Waals surface area contributed by atoms with Crippen LogP contribution in [-0.4, -0.2) is 23.1 Å². The Morgan fingerprint density at radius 1 is 0.926 bits per heavy atom. The Bertz CT molecular complexity index is 835. The third-order valence-corrected chi connectivity index (χ3v) is 4.07. The Hall–Kier alpha value is -3.08. The summed E-state index contributed by atoms with van der Waals surface area (Å²) in [4.78, 5) is 8.95. The molecule has 3 aromatic rings. The van der Waals surface area contributed by atoms with Crippen molar-refractivity contribution in [3.05, 3.63) is 72.1 Å². The highest BCUT2D eigenvalue weighted by molar-refractivity contribution is 5.60. The van der Waals surface area contributed by atoms with E-state index in [9.17, 15) is 0 Å². The van der Waals surface area contributed by atoms with E-state index in [1.165, 1.54) is 5.56 Å². The molecule has 140 valence electrons. The molecule has 0 aliphatic heterocycles. The zero-order chi connectivity index (χ0) is 18.9. The first kappa shape index (κ1) is 18.7. The topological polar surface area (TPSA) is 59.1 Å². The molecule has 0 amide bonds. The highest BCUT2D eigenvalue weighted by atomic mass is 16.5. The third-order valence-electron chi connectivity index (χ3n) is 4.07. The van der Waals surface area contributed by atoms with Gasteiger partial charge in [0, 0.05) is 18.3 Å². The maximum atomic E-state index is 5.47. The summed E-state index contributed by atoms with van der Waals surface area (Å²) in [5.74, 6) is 3.21. The molecule has 0 atom stereocenters. The lowest BCUT2D eigenvalue weighted by Gasteiger charge is -2.11. The van der Waals surface area contributed by atoms with Gasteiger partial charge >= 0.3 is 0 Å². The van der Waals surface area contributed by atoms with Crippen molar-refractivity contribution >= 4 is 17.3 Å². The number of aromatic nitrogens is 2. The summed E-state index contributed by atoms with van der Waals surface area (Å²) < 4.78 is 5.47. The van der Waals surface area contributed by atoms with Crippen LogP contribution in [0.25, 0.3) is 0 Å². The zero-order valence-corrected chi connectivity index (χ0v) is 15.9. The standard InChI is InChI=1S/C22H26N4O/c1-3-27-20-13-11-19(12-14-20)26-22-16-21(24-17(2)25-22)23-15-7-10-18-8-5-4-6-9-18/h4-6,8-9,11-14,16H,3,7,10,15H2,1-2H3,(H2,23,24,25,26). The molecule has 2 aromatic carbocycles. The fraction of sp³-hybridized carbons (Fsp3) is 0.273. The summed E-state index contributed by atoms with van der Waals surface area (Å²) in [5, 5.41) is 6.72. The molecule has 0 aliphatic carbocycles. The van der Waals surface area contributed by atoms with Crippen LogP contribution in [0.4, 0.5) is 17.3 Å². The molecule has 1 aromatic heterocycles. The van der Waals surface area contributed by atoms with E-state index in [0.717, 1.165) is 48.3 Å². The van der Waals surface area contributed by atoms with Gasteiger partial charge in [0.25, 0.3) is 0 Å². The summed E-state index contributed by atoms with van der Waals surface area (Å²) in [6.45, 7) is 5.41. The molecule has 0 spiro atoms. The van der Waals surface area contributed by atoms with Crippen LogP contribution >= 0.6 is 0 Å². The molecule has 0 saturated heterocycles. The Labute approximate surface area is 160 Å². The van der Waals surface area contributed by atoms with E-state index in [-0.39, 0.29) is 0 Å². The maximum absolute atomic E-state index is 5.47. The summed E-state index contributed by atoms with van der Waals surface area (Å²) in [6, 6.07) is 20.3. The molecular formula is C22H26N4O. The molecule has 0 fully saturated rings. The second-order valence-electron chi connectivity index (χ2n) is 6.28. The smallest absolute Gasteiger partial charge is 0.136 e. The number of aryl methyl sites for hydroxylation is 2. The molecular weight excluding hydrogens is 336 g/mol. The van der Waals surface area contributed by atoms with Crippen molar-refractivity contribution in [1.29, 1.82) is 0 Å². The third kappa shape index (κ3) is 5.99. The maximum Gasteiger partial charge on any atom is 0.136 e. The van der Waals surface area contributed by atoms with Gasteiger partial charge in [-0.25, -0.2) is 9.97 Å². The highest BCUT2D eigenvalue weighted by Crippen LogP contribution is 2.20. The number of nitrogens with one attached hydrogen (secondary N) is 2. The van der Waals surface area contributed by atoms with E-state index in [2.05, 4.69) is 44.9 Å². The summed E-state index contributed by atoms with van der Waals surface area (Å²) in [5.41, 5.74) is 2.32. The van der Waals surface area contributed by atoms with Crippen LogP contribution in [0.1, 0.15) is 24.7 Å². The molecule has 27 heavy (non-hydrogen) atoms. The van der Waals surface area contributed by atoms with Gasteiger partial charge in [-0.1, -0.05) is 30.3 Å². The molecule has 0 aliphatic rings. The molecule has 1 heterocycles. The van der Waals surface area contributed by atoms with Gasteiger partial charge in [0.05, 0.1) is 6.61 Å². The number of hydrogen-bond acceptors (Lipinski definition) is 5. The Balaban J connectivity index is 1.55. The minimum Gasteiger partial charge on any atom is -0.494 e. The van der Waals surface area contributed by atoms with Crippen LogP contribution < -0.4 is 15.4 Å². The van der Waals surface area contributed by atoms with Gasteiger partial charge < -0.3 is 15.4 Å². The molecule has 5 nitrogen and oxygen atoms in total. The number of hydrogen-bond donors (Lipinski definition) is 2. The SMILES string of the molecule is CCOc1ccc(Nc2cc(NCCCc3ccccc3)nc(C)n2)cc1. The normalized spacial score (nSPS) is 10.4. The van der Waals surface area contributed by atoms with Crippen LogP contribution in [0.3, 0.4) is 0 Å². The first-order chi connectivity index (χ1) is 13.2.